The average Bonchev–Trinajstić information content (AvgIpc) is 3.38. The zero-order chi connectivity index (χ0) is 27.0. The van der Waals surface area contributed by atoms with E-state index in [1.165, 1.54) is 26.0 Å². The second-order valence-electron chi connectivity index (χ2n) is 10.1. The van der Waals surface area contributed by atoms with Gasteiger partial charge < -0.3 is 15.1 Å². The molecule has 11 heteroatoms. The number of rotatable bonds is 7. The molecule has 1 aliphatic rings. The first-order valence-corrected chi connectivity index (χ1v) is 12.6. The van der Waals surface area contributed by atoms with Gasteiger partial charge in [-0.25, -0.2) is 18.7 Å². The molecule has 9 nitrogen and oxygen atoms in total. The van der Waals surface area contributed by atoms with Crippen LogP contribution in [-0.4, -0.2) is 71.6 Å². The van der Waals surface area contributed by atoms with Crippen molar-refractivity contribution in [2.75, 3.05) is 31.1 Å². The summed E-state index contributed by atoms with van der Waals surface area (Å²) < 4.78 is 29.3. The van der Waals surface area contributed by atoms with Crippen LogP contribution in [0, 0.1) is 11.6 Å². The molecular formula is C27H31F2N7O2. The standard InChI is InChI=1S/C27H31F2N7O2/c1-4-36-16-18(13-31-36)24-26(33-23-14-30-22(12-21(23)32-24)25(37)27(2,3)38)35-9-7-34(8-10-35)15-17-5-6-19(28)11-20(17)29/h5-6,11-14,16,25,37-38H,4,7-10,15H2,1-3H3/t25-/m1/s1. The summed E-state index contributed by atoms with van der Waals surface area (Å²) in [6, 6.07) is 5.34. The largest absolute Gasteiger partial charge is 0.387 e. The molecule has 5 rings (SSSR count). The number of hydrogen-bond donors (Lipinski definition) is 2. The minimum Gasteiger partial charge on any atom is -0.387 e. The number of benzene rings is 1. The van der Waals surface area contributed by atoms with Gasteiger partial charge in [-0.1, -0.05) is 6.07 Å². The summed E-state index contributed by atoms with van der Waals surface area (Å²) in [5.41, 5.74) is 1.99. The minimum atomic E-state index is -1.37. The van der Waals surface area contributed by atoms with Crippen molar-refractivity contribution in [1.82, 2.24) is 29.6 Å². The van der Waals surface area contributed by atoms with Gasteiger partial charge in [0.15, 0.2) is 5.82 Å². The lowest BCUT2D eigenvalue weighted by Gasteiger charge is -2.36. The van der Waals surface area contributed by atoms with Crippen molar-refractivity contribution in [3.63, 3.8) is 0 Å². The summed E-state index contributed by atoms with van der Waals surface area (Å²) >= 11 is 0. The van der Waals surface area contributed by atoms with E-state index in [9.17, 15) is 19.0 Å². The van der Waals surface area contributed by atoms with Crippen LogP contribution in [0.5, 0.6) is 0 Å². The minimum absolute atomic E-state index is 0.309. The number of aliphatic hydroxyl groups excluding tert-OH is 1. The number of anilines is 1. The van der Waals surface area contributed by atoms with Gasteiger partial charge in [0, 0.05) is 62.7 Å². The fraction of sp³-hybridized carbons (Fsp3) is 0.407. The highest BCUT2D eigenvalue weighted by atomic mass is 19.1. The third-order valence-corrected chi connectivity index (χ3v) is 6.81. The molecule has 0 radical (unpaired) electrons. The monoisotopic (exact) mass is 523 g/mol. The number of hydrogen-bond acceptors (Lipinski definition) is 8. The highest BCUT2D eigenvalue weighted by Crippen LogP contribution is 2.32. The van der Waals surface area contributed by atoms with Gasteiger partial charge in [-0.15, -0.1) is 0 Å². The number of aromatic nitrogens is 5. The molecule has 1 aliphatic heterocycles. The molecule has 4 aromatic rings. The summed E-state index contributed by atoms with van der Waals surface area (Å²) in [6.45, 7) is 8.76. The topological polar surface area (TPSA) is 103 Å². The molecule has 200 valence electrons. The second-order valence-corrected chi connectivity index (χ2v) is 10.1. The predicted molar refractivity (Wildman–Crippen MR) is 139 cm³/mol. The van der Waals surface area contributed by atoms with Crippen molar-refractivity contribution in [2.24, 2.45) is 0 Å². The lowest BCUT2D eigenvalue weighted by molar-refractivity contribution is -0.0516. The number of piperazine rings is 1. The number of halogens is 2. The van der Waals surface area contributed by atoms with Gasteiger partial charge in [-0.2, -0.15) is 5.10 Å². The van der Waals surface area contributed by atoms with E-state index in [1.54, 1.807) is 18.5 Å². The molecule has 1 aromatic carbocycles. The van der Waals surface area contributed by atoms with E-state index in [0.29, 0.717) is 73.1 Å². The van der Waals surface area contributed by atoms with Gasteiger partial charge in [-0.05, 0) is 32.9 Å². The molecular weight excluding hydrogens is 492 g/mol. The van der Waals surface area contributed by atoms with Crippen molar-refractivity contribution in [2.45, 2.75) is 45.6 Å². The summed E-state index contributed by atoms with van der Waals surface area (Å²) in [4.78, 5) is 18.4. The molecule has 38 heavy (non-hydrogen) atoms. The van der Waals surface area contributed by atoms with Crippen LogP contribution in [-0.2, 0) is 13.1 Å². The Bertz CT molecular complexity index is 1450. The van der Waals surface area contributed by atoms with Gasteiger partial charge >= 0.3 is 0 Å². The van der Waals surface area contributed by atoms with Gasteiger partial charge in [0.2, 0.25) is 0 Å². The summed E-state index contributed by atoms with van der Waals surface area (Å²) in [6.07, 6.45) is 4.05. The summed E-state index contributed by atoms with van der Waals surface area (Å²) in [5.74, 6) is -0.427. The van der Waals surface area contributed by atoms with E-state index in [0.717, 1.165) is 11.6 Å². The van der Waals surface area contributed by atoms with Crippen LogP contribution in [0.2, 0.25) is 0 Å². The van der Waals surface area contributed by atoms with Crippen LogP contribution in [0.4, 0.5) is 14.6 Å². The van der Waals surface area contributed by atoms with E-state index in [4.69, 9.17) is 9.97 Å². The fourth-order valence-corrected chi connectivity index (χ4v) is 4.56. The van der Waals surface area contributed by atoms with E-state index >= 15 is 0 Å². The Hall–Kier alpha value is -3.54. The van der Waals surface area contributed by atoms with Crippen LogP contribution < -0.4 is 4.90 Å². The summed E-state index contributed by atoms with van der Waals surface area (Å²) in [5, 5.41) is 25.2. The number of fused-ring (bicyclic) bond motifs is 1. The Labute approximate surface area is 219 Å². The van der Waals surface area contributed by atoms with Gasteiger partial charge in [0.1, 0.15) is 28.9 Å². The van der Waals surface area contributed by atoms with Crippen LogP contribution in [0.15, 0.2) is 42.9 Å². The quantitative estimate of drug-likeness (QED) is 0.380. The van der Waals surface area contributed by atoms with E-state index in [-0.39, 0.29) is 0 Å². The molecule has 0 saturated carbocycles. The van der Waals surface area contributed by atoms with E-state index in [1.807, 2.05) is 17.8 Å². The maximum atomic E-state index is 14.2. The second kappa shape index (κ2) is 10.3. The molecule has 2 N–H and O–H groups in total. The third kappa shape index (κ3) is 5.35. The number of pyridine rings is 1. The smallest absolute Gasteiger partial charge is 0.156 e. The molecule has 0 bridgehead atoms. The number of nitrogens with zero attached hydrogens (tertiary/aromatic N) is 7. The Morgan fingerprint density at radius 3 is 2.45 bits per heavy atom. The zero-order valence-electron chi connectivity index (χ0n) is 21.6. The zero-order valence-corrected chi connectivity index (χ0v) is 21.6. The molecule has 0 aliphatic carbocycles. The Morgan fingerprint density at radius 2 is 1.79 bits per heavy atom. The molecule has 1 saturated heterocycles. The lowest BCUT2D eigenvalue weighted by Crippen LogP contribution is -2.46. The molecule has 3 aromatic heterocycles. The molecule has 0 unspecified atom stereocenters. The predicted octanol–water partition coefficient (Wildman–Crippen LogP) is 3.31. The highest BCUT2D eigenvalue weighted by molar-refractivity contribution is 5.83. The maximum absolute atomic E-state index is 14.2. The Balaban J connectivity index is 1.45. The first kappa shape index (κ1) is 26.1. The first-order valence-electron chi connectivity index (χ1n) is 12.6. The van der Waals surface area contributed by atoms with Crippen LogP contribution in [0.25, 0.3) is 22.3 Å². The van der Waals surface area contributed by atoms with Crippen LogP contribution >= 0.6 is 0 Å². The van der Waals surface area contributed by atoms with E-state index in [2.05, 4.69) is 19.9 Å². The van der Waals surface area contributed by atoms with Gasteiger partial charge in [0.05, 0.1) is 29.2 Å². The van der Waals surface area contributed by atoms with Crippen molar-refractivity contribution >= 4 is 16.9 Å². The summed E-state index contributed by atoms with van der Waals surface area (Å²) in [7, 11) is 0. The maximum Gasteiger partial charge on any atom is 0.156 e. The number of aryl methyl sites for hydroxylation is 1. The van der Waals surface area contributed by atoms with Crippen molar-refractivity contribution in [3.05, 3.63) is 65.7 Å². The Kier molecular flexibility index (Phi) is 7.08. The van der Waals surface area contributed by atoms with Gasteiger partial charge in [-0.3, -0.25) is 14.6 Å². The van der Waals surface area contributed by atoms with Gasteiger partial charge in [0.25, 0.3) is 0 Å². The molecule has 0 amide bonds. The SMILES string of the molecule is CCn1cc(-c2nc3cc([C@@H](O)C(C)(C)O)ncc3nc2N2CCN(Cc3ccc(F)cc3F)CC2)cn1. The van der Waals surface area contributed by atoms with Crippen LogP contribution in [0.1, 0.15) is 38.1 Å². The van der Waals surface area contributed by atoms with E-state index < -0.39 is 23.3 Å². The molecule has 1 atom stereocenters. The fourth-order valence-electron chi connectivity index (χ4n) is 4.56. The van der Waals surface area contributed by atoms with Crippen molar-refractivity contribution in [1.29, 1.82) is 0 Å². The van der Waals surface area contributed by atoms with Crippen molar-refractivity contribution in [3.8, 4) is 11.3 Å². The Morgan fingerprint density at radius 1 is 1.03 bits per heavy atom. The number of aliphatic hydroxyl groups is 2. The lowest BCUT2D eigenvalue weighted by atomic mass is 9.98. The average molecular weight is 524 g/mol. The molecule has 4 heterocycles. The first-order chi connectivity index (χ1) is 18.1. The molecule has 1 fully saturated rings. The normalized spacial score (nSPS) is 15.8. The molecule has 0 spiro atoms. The third-order valence-electron chi connectivity index (χ3n) is 6.81. The highest BCUT2D eigenvalue weighted by Gasteiger charge is 2.28. The van der Waals surface area contributed by atoms with Crippen LogP contribution in [0.3, 0.4) is 0 Å². The van der Waals surface area contributed by atoms with Crippen molar-refractivity contribution < 1.29 is 19.0 Å².